The zero-order valence-electron chi connectivity index (χ0n) is 13.7. The summed E-state index contributed by atoms with van der Waals surface area (Å²) in [7, 11) is 0. The van der Waals surface area contributed by atoms with Crippen molar-refractivity contribution in [1.29, 1.82) is 0 Å². The Bertz CT molecular complexity index is 630. The van der Waals surface area contributed by atoms with Crippen LogP contribution in [0.4, 0.5) is 0 Å². The molecule has 1 aromatic carbocycles. The van der Waals surface area contributed by atoms with Crippen molar-refractivity contribution < 1.29 is 9.32 Å². The van der Waals surface area contributed by atoms with Crippen molar-refractivity contribution in [1.82, 2.24) is 10.1 Å². The van der Waals surface area contributed by atoms with Crippen LogP contribution >= 0.6 is 0 Å². The highest BCUT2D eigenvalue weighted by molar-refractivity contribution is 5.95. The smallest absolute Gasteiger partial charge is 0.203 e. The molecular formula is C19H24N2O2. The lowest BCUT2D eigenvalue weighted by Gasteiger charge is -2.27. The number of nitrogens with zero attached hydrogens (tertiary/aromatic N) is 2. The van der Waals surface area contributed by atoms with Gasteiger partial charge in [0.15, 0.2) is 0 Å². The topological polar surface area (TPSA) is 46.3 Å². The lowest BCUT2D eigenvalue weighted by molar-refractivity contribution is 0.0873. The monoisotopic (exact) mass is 312 g/mol. The van der Waals surface area contributed by atoms with Crippen molar-refractivity contribution in [3.8, 4) is 11.3 Å². The summed E-state index contributed by atoms with van der Waals surface area (Å²) < 4.78 is 5.28. The van der Waals surface area contributed by atoms with Gasteiger partial charge in [0.25, 0.3) is 0 Å². The Kier molecular flexibility index (Phi) is 5.23. The average molecular weight is 312 g/mol. The van der Waals surface area contributed by atoms with Gasteiger partial charge in [0.05, 0.1) is 0 Å². The number of carbonyl (C=O) groups excluding carboxylic acids is 1. The minimum absolute atomic E-state index is 0.0338. The third kappa shape index (κ3) is 4.08. The predicted octanol–water partition coefficient (Wildman–Crippen LogP) is 4.04. The predicted molar refractivity (Wildman–Crippen MR) is 90.3 cm³/mol. The van der Waals surface area contributed by atoms with Gasteiger partial charge in [-0.2, -0.15) is 0 Å². The molecule has 1 aliphatic rings. The van der Waals surface area contributed by atoms with Crippen molar-refractivity contribution in [3.63, 3.8) is 0 Å². The molecule has 4 heteroatoms. The van der Waals surface area contributed by atoms with Crippen molar-refractivity contribution in [2.24, 2.45) is 5.92 Å². The Balaban J connectivity index is 1.58. The van der Waals surface area contributed by atoms with Gasteiger partial charge in [0.2, 0.25) is 11.5 Å². The zero-order valence-corrected chi connectivity index (χ0v) is 13.7. The number of Topliss-reactive ketones (excluding diaryl/α,β-unsaturated/α-hetero) is 1. The Labute approximate surface area is 137 Å². The van der Waals surface area contributed by atoms with E-state index in [0.717, 1.165) is 24.2 Å². The molecule has 3 rings (SSSR count). The first-order valence-electron chi connectivity index (χ1n) is 8.53. The molecule has 1 saturated heterocycles. The van der Waals surface area contributed by atoms with Crippen LogP contribution in [-0.2, 0) is 0 Å². The van der Waals surface area contributed by atoms with Gasteiger partial charge in [-0.25, -0.2) is 0 Å². The Hall–Kier alpha value is -1.94. The molecule has 1 unspecified atom stereocenters. The normalized spacial score (nSPS) is 17.1. The van der Waals surface area contributed by atoms with Gasteiger partial charge in [0.1, 0.15) is 5.69 Å². The van der Waals surface area contributed by atoms with Crippen LogP contribution < -0.4 is 0 Å². The lowest BCUT2D eigenvalue weighted by atomic mass is 9.99. The first-order valence-corrected chi connectivity index (χ1v) is 8.53. The SMILES string of the molecule is CC(CCN1CCCCC1)C(=O)c1cc(-c2ccccc2)no1. The Morgan fingerprint density at radius 1 is 1.22 bits per heavy atom. The number of benzene rings is 1. The number of hydrogen-bond donors (Lipinski definition) is 0. The third-order valence-corrected chi connectivity index (χ3v) is 4.60. The molecule has 0 spiro atoms. The van der Waals surface area contributed by atoms with Crippen molar-refractivity contribution in [3.05, 3.63) is 42.2 Å². The van der Waals surface area contributed by atoms with E-state index in [0.29, 0.717) is 5.76 Å². The fraction of sp³-hybridized carbons (Fsp3) is 0.474. The van der Waals surface area contributed by atoms with E-state index in [1.165, 1.54) is 32.4 Å². The van der Waals surface area contributed by atoms with Crippen LogP contribution in [0.2, 0.25) is 0 Å². The van der Waals surface area contributed by atoms with E-state index in [-0.39, 0.29) is 11.7 Å². The summed E-state index contributed by atoms with van der Waals surface area (Å²) in [5.41, 5.74) is 1.69. The molecule has 0 saturated carbocycles. The quantitative estimate of drug-likeness (QED) is 0.755. The minimum Gasteiger partial charge on any atom is -0.352 e. The Morgan fingerprint density at radius 3 is 2.70 bits per heavy atom. The standard InChI is InChI=1S/C19H24N2O2/c1-15(10-13-21-11-6-3-7-12-21)19(22)18-14-17(20-23-18)16-8-4-2-5-9-16/h2,4-5,8-9,14-15H,3,6-7,10-13H2,1H3. The highest BCUT2D eigenvalue weighted by Gasteiger charge is 2.21. The van der Waals surface area contributed by atoms with E-state index in [2.05, 4.69) is 10.1 Å². The van der Waals surface area contributed by atoms with Gasteiger partial charge in [-0.15, -0.1) is 0 Å². The average Bonchev–Trinajstić information content (AvgIpc) is 3.11. The number of piperidine rings is 1. The molecule has 1 atom stereocenters. The molecule has 0 bridgehead atoms. The van der Waals surface area contributed by atoms with Crippen LogP contribution in [0.1, 0.15) is 43.2 Å². The molecule has 122 valence electrons. The van der Waals surface area contributed by atoms with Gasteiger partial charge in [0, 0.05) is 17.5 Å². The second-order valence-electron chi connectivity index (χ2n) is 6.40. The Morgan fingerprint density at radius 2 is 1.96 bits per heavy atom. The van der Waals surface area contributed by atoms with E-state index in [9.17, 15) is 4.79 Å². The number of aromatic nitrogens is 1. The molecule has 4 nitrogen and oxygen atoms in total. The first kappa shape index (κ1) is 15.9. The minimum atomic E-state index is -0.0338. The zero-order chi connectivity index (χ0) is 16.1. The fourth-order valence-corrected chi connectivity index (χ4v) is 3.07. The molecule has 0 amide bonds. The van der Waals surface area contributed by atoms with Crippen molar-refractivity contribution in [2.75, 3.05) is 19.6 Å². The maximum atomic E-state index is 12.5. The summed E-state index contributed by atoms with van der Waals surface area (Å²) in [5.74, 6) is 0.389. The van der Waals surface area contributed by atoms with Crippen LogP contribution in [-0.4, -0.2) is 35.5 Å². The maximum absolute atomic E-state index is 12.5. The summed E-state index contributed by atoms with van der Waals surface area (Å²) in [4.78, 5) is 15.0. The van der Waals surface area contributed by atoms with E-state index in [1.807, 2.05) is 37.3 Å². The molecule has 1 aliphatic heterocycles. The molecule has 23 heavy (non-hydrogen) atoms. The maximum Gasteiger partial charge on any atom is 0.203 e. The molecule has 1 aromatic heterocycles. The van der Waals surface area contributed by atoms with Gasteiger partial charge in [-0.1, -0.05) is 48.8 Å². The van der Waals surface area contributed by atoms with Crippen LogP contribution in [0.3, 0.4) is 0 Å². The summed E-state index contributed by atoms with van der Waals surface area (Å²) >= 11 is 0. The number of ketones is 1. The highest BCUT2D eigenvalue weighted by atomic mass is 16.5. The van der Waals surface area contributed by atoms with Gasteiger partial charge >= 0.3 is 0 Å². The second-order valence-corrected chi connectivity index (χ2v) is 6.40. The van der Waals surface area contributed by atoms with E-state index < -0.39 is 0 Å². The van der Waals surface area contributed by atoms with Crippen LogP contribution in [0.25, 0.3) is 11.3 Å². The molecule has 2 aromatic rings. The number of likely N-dealkylation sites (tertiary alicyclic amines) is 1. The van der Waals surface area contributed by atoms with Crippen LogP contribution in [0.5, 0.6) is 0 Å². The molecule has 0 radical (unpaired) electrons. The highest BCUT2D eigenvalue weighted by Crippen LogP contribution is 2.21. The molecule has 0 N–H and O–H groups in total. The summed E-state index contributed by atoms with van der Waals surface area (Å²) in [6.45, 7) is 5.31. The summed E-state index contributed by atoms with van der Waals surface area (Å²) in [6.07, 6.45) is 4.78. The van der Waals surface area contributed by atoms with E-state index in [4.69, 9.17) is 4.52 Å². The van der Waals surface area contributed by atoms with Crippen LogP contribution in [0, 0.1) is 5.92 Å². The van der Waals surface area contributed by atoms with Gasteiger partial charge in [-0.3, -0.25) is 4.79 Å². The van der Waals surface area contributed by atoms with Gasteiger partial charge in [-0.05, 0) is 38.9 Å². The lowest BCUT2D eigenvalue weighted by Crippen LogP contribution is -2.32. The largest absolute Gasteiger partial charge is 0.352 e. The second kappa shape index (κ2) is 7.55. The molecule has 0 aliphatic carbocycles. The first-order chi connectivity index (χ1) is 11.2. The number of carbonyl (C=O) groups is 1. The number of rotatable bonds is 6. The van der Waals surface area contributed by atoms with Crippen molar-refractivity contribution in [2.45, 2.75) is 32.6 Å². The third-order valence-electron chi connectivity index (χ3n) is 4.60. The van der Waals surface area contributed by atoms with Crippen molar-refractivity contribution >= 4 is 5.78 Å². The number of hydrogen-bond acceptors (Lipinski definition) is 4. The molecular weight excluding hydrogens is 288 g/mol. The van der Waals surface area contributed by atoms with E-state index in [1.54, 1.807) is 6.07 Å². The van der Waals surface area contributed by atoms with Crippen LogP contribution in [0.15, 0.2) is 40.9 Å². The van der Waals surface area contributed by atoms with Gasteiger partial charge < -0.3 is 9.42 Å². The summed E-state index contributed by atoms with van der Waals surface area (Å²) in [5, 5.41) is 4.03. The van der Waals surface area contributed by atoms with E-state index >= 15 is 0 Å². The summed E-state index contributed by atoms with van der Waals surface area (Å²) in [6, 6.07) is 11.5. The molecule has 2 heterocycles. The molecule has 1 fully saturated rings. The fourth-order valence-electron chi connectivity index (χ4n) is 3.07.